The Bertz CT molecular complexity index is 2800. The third-order valence-electron chi connectivity index (χ3n) is 15.3. The molecule has 2 aliphatic heterocycles. The molecule has 68 heavy (non-hydrogen) atoms. The molecule has 0 bridgehead atoms. The van der Waals surface area contributed by atoms with Crippen molar-refractivity contribution in [3.8, 4) is 11.5 Å². The van der Waals surface area contributed by atoms with E-state index in [9.17, 15) is 32.8 Å². The van der Waals surface area contributed by atoms with Crippen LogP contribution < -0.4 is 19.7 Å². The van der Waals surface area contributed by atoms with Gasteiger partial charge in [0, 0.05) is 62.8 Å². The van der Waals surface area contributed by atoms with Gasteiger partial charge in [0.25, 0.3) is 21.6 Å². The van der Waals surface area contributed by atoms with Crippen molar-refractivity contribution in [2.24, 2.45) is 11.3 Å². The van der Waals surface area contributed by atoms with Crippen LogP contribution in [-0.2, 0) is 10.0 Å². The van der Waals surface area contributed by atoms with Crippen molar-refractivity contribution in [1.29, 1.82) is 0 Å². The lowest BCUT2D eigenvalue weighted by atomic mass is 9.70. The summed E-state index contributed by atoms with van der Waals surface area (Å²) in [6.45, 7) is 14.3. The van der Waals surface area contributed by atoms with E-state index in [2.05, 4.69) is 67.9 Å². The Kier molecular flexibility index (Phi) is 13.1. The molecule has 4 aliphatic rings. The highest BCUT2D eigenvalue weighted by Crippen LogP contribution is 2.49. The Hall–Kier alpha value is -5.58. The zero-order chi connectivity index (χ0) is 48.1. The number of nitrogens with one attached hydrogen (secondary N) is 3. The average molecular weight is 950 g/mol. The predicted octanol–water partition coefficient (Wildman–Crippen LogP) is 10.4. The minimum absolute atomic E-state index is 0.0491. The maximum absolute atomic E-state index is 14.9. The highest BCUT2D eigenvalue weighted by atomic mass is 32.2. The number of ether oxygens (including phenoxy) is 1. The summed E-state index contributed by atoms with van der Waals surface area (Å²) in [5, 5.41) is 25.9. The Morgan fingerprint density at radius 2 is 1.71 bits per heavy atom. The molecule has 2 saturated carbocycles. The Balaban J connectivity index is 0.938. The minimum atomic E-state index is -4.64. The summed E-state index contributed by atoms with van der Waals surface area (Å²) >= 11 is 0. The van der Waals surface area contributed by atoms with Crippen LogP contribution in [0.1, 0.15) is 137 Å². The zero-order valence-electron chi connectivity index (χ0n) is 39.7. The molecule has 0 unspecified atom stereocenters. The number of aromatic amines is 1. The number of sulfonamides is 1. The average Bonchev–Trinajstić information content (AvgIpc) is 3.93. The van der Waals surface area contributed by atoms with Gasteiger partial charge in [0.1, 0.15) is 28.7 Å². The standard InChI is InChI=1S/C52H64FN7O7S/c1-32(2)37-9-6-7-10-38(37)39-11-8-12-44(39)59-30-52(31-59)21-23-58(24-22-52)35-13-15-40(46(25-35)67-47-27-41-42(53)29-55-49(41)56-48(47)33(3)4)50(61)57-68(65,66)36-14-16-43(45(26-36)60(63)64)54-28-34-17-19-51(5,62)20-18-34/h6-7,9-10,13-16,25-27,29,32-34,39,44,54,62H,8,11-12,17-24,28,30-31H2,1-5H3,(H,55,56)(H,57,61)/t34?,39-,44-,51?/m0/s1. The quantitative estimate of drug-likeness (QED) is 0.0614. The summed E-state index contributed by atoms with van der Waals surface area (Å²) in [6, 6.07) is 19.6. The number of hydrogen-bond acceptors (Lipinski definition) is 11. The van der Waals surface area contributed by atoms with Crippen LogP contribution in [0.5, 0.6) is 11.5 Å². The number of aliphatic hydroxyl groups is 1. The molecule has 2 atom stereocenters. The van der Waals surface area contributed by atoms with Crippen molar-refractivity contribution in [3.63, 3.8) is 0 Å². The van der Waals surface area contributed by atoms with Crippen molar-refractivity contribution in [2.45, 2.75) is 127 Å². The first kappa shape index (κ1) is 47.5. The number of nitrogens with zero attached hydrogens (tertiary/aromatic N) is 4. The van der Waals surface area contributed by atoms with E-state index in [1.807, 2.05) is 13.8 Å². The van der Waals surface area contributed by atoms with Gasteiger partial charge in [-0.1, -0.05) is 58.4 Å². The summed E-state index contributed by atoms with van der Waals surface area (Å²) in [4.78, 5) is 37.8. The fourth-order valence-electron chi connectivity index (χ4n) is 11.3. The van der Waals surface area contributed by atoms with Gasteiger partial charge in [-0.25, -0.2) is 22.5 Å². The maximum Gasteiger partial charge on any atom is 0.293 e. The molecule has 16 heteroatoms. The number of amides is 1. The Morgan fingerprint density at radius 3 is 2.41 bits per heavy atom. The van der Waals surface area contributed by atoms with Crippen molar-refractivity contribution < 1.29 is 32.4 Å². The molecule has 1 amide bonds. The van der Waals surface area contributed by atoms with Gasteiger partial charge < -0.3 is 25.0 Å². The van der Waals surface area contributed by atoms with E-state index in [1.54, 1.807) is 19.1 Å². The van der Waals surface area contributed by atoms with E-state index >= 15 is 0 Å². The monoisotopic (exact) mass is 949 g/mol. The first-order valence-electron chi connectivity index (χ1n) is 24.3. The summed E-state index contributed by atoms with van der Waals surface area (Å²) in [6.07, 6.45) is 9.64. The molecule has 362 valence electrons. The van der Waals surface area contributed by atoms with Gasteiger partial charge in [0.2, 0.25) is 0 Å². The number of carbonyl (C=O) groups is 1. The van der Waals surface area contributed by atoms with Gasteiger partial charge in [0.05, 0.1) is 32.1 Å². The fourth-order valence-corrected chi connectivity index (χ4v) is 12.3. The zero-order valence-corrected chi connectivity index (χ0v) is 40.5. The highest BCUT2D eigenvalue weighted by molar-refractivity contribution is 7.90. The summed E-state index contributed by atoms with van der Waals surface area (Å²) in [5.74, 6) is -0.217. The van der Waals surface area contributed by atoms with Crippen LogP contribution in [0.3, 0.4) is 0 Å². The molecule has 4 heterocycles. The number of carbonyl (C=O) groups excluding carboxylic acids is 1. The normalized spacial score (nSPS) is 23.0. The molecule has 4 fully saturated rings. The first-order valence-corrected chi connectivity index (χ1v) is 25.8. The van der Waals surface area contributed by atoms with Crippen molar-refractivity contribution >= 4 is 44.0 Å². The first-order chi connectivity index (χ1) is 32.4. The molecule has 0 radical (unpaired) electrons. The lowest BCUT2D eigenvalue weighted by Crippen LogP contribution is -2.63. The number of fused-ring (bicyclic) bond motifs is 1. The summed E-state index contributed by atoms with van der Waals surface area (Å²) < 4.78 is 51.4. The lowest BCUT2D eigenvalue weighted by Gasteiger charge is -2.57. The number of pyridine rings is 1. The Morgan fingerprint density at radius 1 is 0.971 bits per heavy atom. The van der Waals surface area contributed by atoms with Gasteiger partial charge in [0.15, 0.2) is 0 Å². The number of hydrogen-bond donors (Lipinski definition) is 4. The van der Waals surface area contributed by atoms with Crippen LogP contribution >= 0.6 is 0 Å². The largest absolute Gasteiger partial charge is 0.454 e. The van der Waals surface area contributed by atoms with Crippen LogP contribution in [0.2, 0.25) is 0 Å². The highest BCUT2D eigenvalue weighted by Gasteiger charge is 2.49. The molecule has 2 aromatic heterocycles. The molecule has 5 aromatic rings. The third kappa shape index (κ3) is 9.68. The smallest absolute Gasteiger partial charge is 0.293 e. The molecule has 1 spiro atoms. The van der Waals surface area contributed by atoms with E-state index < -0.39 is 42.9 Å². The molecule has 9 rings (SSSR count). The van der Waals surface area contributed by atoms with Crippen LogP contribution in [0.25, 0.3) is 11.0 Å². The number of nitro benzene ring substituents is 1. The van der Waals surface area contributed by atoms with Crippen molar-refractivity contribution in [3.05, 3.63) is 111 Å². The molecular weight excluding hydrogens is 886 g/mol. The van der Waals surface area contributed by atoms with Gasteiger partial charge in [-0.3, -0.25) is 19.8 Å². The number of piperidine rings is 1. The van der Waals surface area contributed by atoms with Gasteiger partial charge >= 0.3 is 0 Å². The number of benzene rings is 3. The summed E-state index contributed by atoms with van der Waals surface area (Å²) in [7, 11) is -4.64. The molecule has 2 aliphatic carbocycles. The topological polar surface area (TPSA) is 183 Å². The van der Waals surface area contributed by atoms with E-state index in [1.165, 1.54) is 60.9 Å². The van der Waals surface area contributed by atoms with Gasteiger partial charge in [-0.05, 0) is 129 Å². The van der Waals surface area contributed by atoms with Crippen LogP contribution in [0.15, 0.2) is 77.8 Å². The van der Waals surface area contributed by atoms with E-state index in [0.29, 0.717) is 48.6 Å². The SMILES string of the molecule is CC(C)c1ccccc1[C@@H]1CCC[C@@H]1N1CC2(CCN(c3ccc(C(=O)NS(=O)(=O)c4ccc(NCC5CCC(C)(O)CC5)c([N+](=O)[O-])c4)c(Oc4cc5c(F)c[nH]c5nc4C(C)C)c3)CC2)C1. The molecular formula is C52H64FN7O7S. The number of aromatic nitrogens is 2. The third-order valence-corrected chi connectivity index (χ3v) is 16.6. The lowest BCUT2D eigenvalue weighted by molar-refractivity contribution is -0.384. The fraction of sp³-hybridized carbons (Fsp3) is 0.500. The number of halogens is 1. The number of H-pyrrole nitrogens is 1. The minimum Gasteiger partial charge on any atom is -0.454 e. The number of rotatable bonds is 14. The predicted molar refractivity (Wildman–Crippen MR) is 262 cm³/mol. The molecule has 4 N–H and O–H groups in total. The Labute approximate surface area is 398 Å². The number of anilines is 2. The van der Waals surface area contributed by atoms with Gasteiger partial charge in [-0.15, -0.1) is 0 Å². The second-order valence-electron chi connectivity index (χ2n) is 20.8. The van der Waals surface area contributed by atoms with Crippen molar-refractivity contribution in [2.75, 3.05) is 42.9 Å². The molecule has 3 aromatic carbocycles. The van der Waals surface area contributed by atoms with E-state index in [-0.39, 0.29) is 45.4 Å². The van der Waals surface area contributed by atoms with Crippen LogP contribution in [0.4, 0.5) is 21.5 Å². The van der Waals surface area contributed by atoms with Crippen molar-refractivity contribution in [1.82, 2.24) is 19.6 Å². The number of nitro groups is 1. The molecule has 14 nitrogen and oxygen atoms in total. The summed E-state index contributed by atoms with van der Waals surface area (Å²) in [5.41, 5.74) is 3.71. The van der Waals surface area contributed by atoms with E-state index in [0.717, 1.165) is 63.6 Å². The van der Waals surface area contributed by atoms with E-state index in [4.69, 9.17) is 4.74 Å². The van der Waals surface area contributed by atoms with Crippen LogP contribution in [-0.4, -0.2) is 83.6 Å². The second kappa shape index (κ2) is 18.7. The molecule has 2 saturated heterocycles. The number of likely N-dealkylation sites (tertiary alicyclic amines) is 1. The maximum atomic E-state index is 14.9. The van der Waals surface area contributed by atoms with Crippen LogP contribution in [0, 0.1) is 27.3 Å². The second-order valence-corrected chi connectivity index (χ2v) is 22.5. The van der Waals surface area contributed by atoms with Gasteiger partial charge in [-0.2, -0.15) is 0 Å².